The van der Waals surface area contributed by atoms with E-state index >= 15 is 0 Å². The van der Waals surface area contributed by atoms with Crippen molar-refractivity contribution in [3.63, 3.8) is 0 Å². The van der Waals surface area contributed by atoms with Crippen molar-refractivity contribution in [2.45, 2.75) is 59.5 Å². The second-order valence-corrected chi connectivity index (χ2v) is 7.77. The van der Waals surface area contributed by atoms with Gasteiger partial charge in [0.1, 0.15) is 12.4 Å². The van der Waals surface area contributed by atoms with Gasteiger partial charge >= 0.3 is 0 Å². The lowest BCUT2D eigenvalue weighted by Gasteiger charge is -2.22. The molecule has 1 aromatic rings. The number of aromatic nitrogens is 2. The van der Waals surface area contributed by atoms with Crippen molar-refractivity contribution < 1.29 is 0 Å². The van der Waals surface area contributed by atoms with E-state index in [0.29, 0.717) is 12.5 Å². The molecule has 1 N–H and O–H groups in total. The molecule has 1 aromatic heterocycles. The van der Waals surface area contributed by atoms with Gasteiger partial charge in [0.2, 0.25) is 0 Å². The molecule has 0 aromatic carbocycles. The second-order valence-electron chi connectivity index (χ2n) is 7.77. The summed E-state index contributed by atoms with van der Waals surface area (Å²) in [6, 6.07) is 0. The Bertz CT molecular complexity index is 534. The number of nitrogens with one attached hydrogen (secondary N) is 1. The van der Waals surface area contributed by atoms with Crippen LogP contribution in [0.1, 0.15) is 52.3 Å². The van der Waals surface area contributed by atoms with Gasteiger partial charge in [-0.1, -0.05) is 26.7 Å². The first-order valence-corrected chi connectivity index (χ1v) is 9.70. The van der Waals surface area contributed by atoms with Gasteiger partial charge in [0, 0.05) is 38.6 Å². The molecule has 0 bridgehead atoms. The van der Waals surface area contributed by atoms with Crippen molar-refractivity contribution in [2.75, 3.05) is 19.6 Å². The van der Waals surface area contributed by atoms with E-state index in [0.717, 1.165) is 36.7 Å². The molecule has 134 valence electrons. The van der Waals surface area contributed by atoms with Gasteiger partial charge in [-0.3, -0.25) is 0 Å². The topological polar surface area (TPSA) is 45.5 Å². The van der Waals surface area contributed by atoms with Gasteiger partial charge in [-0.05, 0) is 37.5 Å². The molecule has 0 radical (unpaired) electrons. The Balaban J connectivity index is 1.67. The van der Waals surface area contributed by atoms with Gasteiger partial charge in [-0.2, -0.15) is 0 Å². The summed E-state index contributed by atoms with van der Waals surface area (Å²) in [6.45, 7) is 11.6. The van der Waals surface area contributed by atoms with Crippen LogP contribution in [0.5, 0.6) is 0 Å². The lowest BCUT2D eigenvalue weighted by atomic mass is 9.82. The summed E-state index contributed by atoms with van der Waals surface area (Å²) in [7, 11) is 0. The Labute approximate surface area is 146 Å². The predicted molar refractivity (Wildman–Crippen MR) is 98.9 cm³/mol. The number of likely N-dealkylation sites (tertiary alicyclic amines) is 1. The summed E-state index contributed by atoms with van der Waals surface area (Å²) < 4.78 is 2.24. The second kappa shape index (κ2) is 8.04. The summed E-state index contributed by atoms with van der Waals surface area (Å²) in [5, 5.41) is 3.50. The zero-order valence-electron chi connectivity index (χ0n) is 15.5. The highest BCUT2D eigenvalue weighted by Crippen LogP contribution is 2.35. The van der Waals surface area contributed by atoms with Crippen LogP contribution in [0.15, 0.2) is 17.4 Å². The van der Waals surface area contributed by atoms with E-state index in [4.69, 9.17) is 4.99 Å². The number of imidazole rings is 1. The van der Waals surface area contributed by atoms with Crippen molar-refractivity contribution in [2.24, 2.45) is 22.7 Å². The van der Waals surface area contributed by atoms with Gasteiger partial charge in [-0.15, -0.1) is 0 Å². The van der Waals surface area contributed by atoms with Crippen LogP contribution in [0.3, 0.4) is 0 Å². The predicted octanol–water partition coefficient (Wildman–Crippen LogP) is 3.13. The third-order valence-electron chi connectivity index (χ3n) is 5.34. The highest BCUT2D eigenvalue weighted by Gasteiger charge is 2.35. The van der Waals surface area contributed by atoms with E-state index in [2.05, 4.69) is 46.7 Å². The first-order valence-electron chi connectivity index (χ1n) is 9.70. The molecule has 0 amide bonds. The van der Waals surface area contributed by atoms with Crippen molar-refractivity contribution >= 4 is 5.96 Å². The average molecular weight is 332 g/mol. The highest BCUT2D eigenvalue weighted by atomic mass is 15.3. The molecule has 2 heterocycles. The molecule has 1 aliphatic heterocycles. The molecule has 0 spiro atoms. The lowest BCUT2D eigenvalue weighted by molar-refractivity contribution is 0.299. The lowest BCUT2D eigenvalue weighted by Crippen LogP contribution is -2.40. The summed E-state index contributed by atoms with van der Waals surface area (Å²) in [5.74, 6) is 4.52. The molecule has 2 unspecified atom stereocenters. The minimum Gasteiger partial charge on any atom is -0.357 e. The third-order valence-corrected chi connectivity index (χ3v) is 5.34. The molecule has 2 fully saturated rings. The number of hydrogen-bond acceptors (Lipinski definition) is 2. The number of rotatable bonds is 5. The Morgan fingerprint density at radius 3 is 2.62 bits per heavy atom. The minimum absolute atomic E-state index is 0.622. The van der Waals surface area contributed by atoms with Crippen molar-refractivity contribution in [3.8, 4) is 0 Å². The SMILES string of the molecule is CCNC(=NCc1nccn1CC(C)C)N1CC2CCCCC2C1. The van der Waals surface area contributed by atoms with E-state index in [1.54, 1.807) is 0 Å². The maximum absolute atomic E-state index is 4.91. The molecule has 1 saturated heterocycles. The first kappa shape index (κ1) is 17.3. The maximum atomic E-state index is 4.91. The summed E-state index contributed by atoms with van der Waals surface area (Å²) in [6.07, 6.45) is 9.59. The highest BCUT2D eigenvalue weighted by molar-refractivity contribution is 5.80. The Kier molecular flexibility index (Phi) is 5.80. The van der Waals surface area contributed by atoms with Crippen molar-refractivity contribution in [3.05, 3.63) is 18.2 Å². The van der Waals surface area contributed by atoms with Gasteiger partial charge in [-0.25, -0.2) is 9.98 Å². The normalized spacial score (nSPS) is 24.5. The van der Waals surface area contributed by atoms with Crippen LogP contribution in [0.2, 0.25) is 0 Å². The van der Waals surface area contributed by atoms with Gasteiger partial charge in [0.25, 0.3) is 0 Å². The molecule has 3 rings (SSSR count). The molecule has 1 aliphatic carbocycles. The van der Waals surface area contributed by atoms with Crippen LogP contribution < -0.4 is 5.32 Å². The van der Waals surface area contributed by atoms with Crippen LogP contribution in [-0.2, 0) is 13.1 Å². The zero-order chi connectivity index (χ0) is 16.9. The summed E-state index contributed by atoms with van der Waals surface area (Å²) in [5.41, 5.74) is 0. The van der Waals surface area contributed by atoms with Crippen LogP contribution in [0.4, 0.5) is 0 Å². The van der Waals surface area contributed by atoms with Gasteiger partial charge in [0.15, 0.2) is 5.96 Å². The fourth-order valence-electron chi connectivity index (χ4n) is 4.20. The number of nitrogens with zero attached hydrogens (tertiary/aromatic N) is 4. The van der Waals surface area contributed by atoms with Crippen LogP contribution >= 0.6 is 0 Å². The molecule has 2 aliphatic rings. The molecular formula is C19H33N5. The first-order chi connectivity index (χ1) is 11.7. The van der Waals surface area contributed by atoms with Crippen LogP contribution in [0, 0.1) is 17.8 Å². The zero-order valence-corrected chi connectivity index (χ0v) is 15.5. The van der Waals surface area contributed by atoms with Crippen LogP contribution in [0.25, 0.3) is 0 Å². The van der Waals surface area contributed by atoms with E-state index in [9.17, 15) is 0 Å². The monoisotopic (exact) mass is 331 g/mol. The minimum atomic E-state index is 0.622. The van der Waals surface area contributed by atoms with Gasteiger partial charge < -0.3 is 14.8 Å². The average Bonchev–Trinajstić information content (AvgIpc) is 3.17. The third kappa shape index (κ3) is 4.11. The summed E-state index contributed by atoms with van der Waals surface area (Å²) in [4.78, 5) is 11.9. The smallest absolute Gasteiger partial charge is 0.194 e. The maximum Gasteiger partial charge on any atom is 0.194 e. The number of aliphatic imine (C=N–C) groups is 1. The fourth-order valence-corrected chi connectivity index (χ4v) is 4.20. The Morgan fingerprint density at radius 2 is 2.00 bits per heavy atom. The fraction of sp³-hybridized carbons (Fsp3) is 0.789. The Morgan fingerprint density at radius 1 is 1.29 bits per heavy atom. The van der Waals surface area contributed by atoms with Crippen molar-refractivity contribution in [1.82, 2.24) is 19.8 Å². The summed E-state index contributed by atoms with van der Waals surface area (Å²) >= 11 is 0. The Hall–Kier alpha value is -1.52. The van der Waals surface area contributed by atoms with Gasteiger partial charge in [0.05, 0.1) is 0 Å². The van der Waals surface area contributed by atoms with E-state index in [1.807, 2.05) is 6.20 Å². The molecule has 24 heavy (non-hydrogen) atoms. The molecule has 1 saturated carbocycles. The van der Waals surface area contributed by atoms with E-state index in [-0.39, 0.29) is 0 Å². The number of guanidine groups is 1. The van der Waals surface area contributed by atoms with E-state index < -0.39 is 0 Å². The van der Waals surface area contributed by atoms with Crippen molar-refractivity contribution in [1.29, 1.82) is 0 Å². The number of fused-ring (bicyclic) bond motifs is 1. The standard InChI is InChI=1S/C19H33N5/c1-4-20-19(24-13-16-7-5-6-8-17(16)14-24)22-11-18-21-9-10-23(18)12-15(2)3/h9-10,15-17H,4-8,11-14H2,1-3H3,(H,20,22). The molecule has 2 atom stereocenters. The molecule has 5 nitrogen and oxygen atoms in total. The quantitative estimate of drug-likeness (QED) is 0.666. The largest absolute Gasteiger partial charge is 0.357 e. The van der Waals surface area contributed by atoms with E-state index in [1.165, 1.54) is 38.8 Å². The van der Waals surface area contributed by atoms with Crippen LogP contribution in [-0.4, -0.2) is 40.0 Å². The molecular weight excluding hydrogens is 298 g/mol. The number of hydrogen-bond donors (Lipinski definition) is 1. The molecule has 5 heteroatoms.